The van der Waals surface area contributed by atoms with Crippen molar-refractivity contribution in [3.63, 3.8) is 0 Å². The van der Waals surface area contributed by atoms with Crippen molar-refractivity contribution in [2.24, 2.45) is 0 Å². The van der Waals surface area contributed by atoms with Crippen molar-refractivity contribution >= 4 is 5.97 Å². The van der Waals surface area contributed by atoms with Crippen LogP contribution in [0.3, 0.4) is 0 Å². The van der Waals surface area contributed by atoms with E-state index in [0.717, 1.165) is 10.9 Å². The molecule has 0 fully saturated rings. The number of carbonyl (C=O) groups excluding carboxylic acids is 1. The second-order valence-corrected chi connectivity index (χ2v) is 5.31. The van der Waals surface area contributed by atoms with Gasteiger partial charge in [-0.15, -0.1) is 0 Å². The molecule has 0 N–H and O–H groups in total. The van der Waals surface area contributed by atoms with Crippen LogP contribution < -0.4 is 0 Å². The molecule has 8 heteroatoms. The number of alkyl halides is 3. The topological polar surface area (TPSA) is 53.3 Å². The third-order valence-corrected chi connectivity index (χ3v) is 2.44. The van der Waals surface area contributed by atoms with Crippen LogP contribution in [0.4, 0.5) is 13.2 Å². The van der Waals surface area contributed by atoms with Crippen LogP contribution >= 0.6 is 0 Å². The van der Waals surface area contributed by atoms with Gasteiger partial charge in [0, 0.05) is 0 Å². The molecule has 0 radical (unpaired) electrons. The molecule has 0 spiro atoms. The van der Waals surface area contributed by atoms with Crippen molar-refractivity contribution in [1.82, 2.24) is 9.78 Å². The lowest BCUT2D eigenvalue weighted by Gasteiger charge is -2.20. The van der Waals surface area contributed by atoms with Gasteiger partial charge >= 0.3 is 12.1 Å². The molecule has 0 atom stereocenters. The van der Waals surface area contributed by atoms with Crippen LogP contribution in [-0.4, -0.2) is 34.6 Å². The molecule has 1 aromatic heterocycles. The van der Waals surface area contributed by atoms with Crippen LogP contribution in [0.15, 0.2) is 6.20 Å². The van der Waals surface area contributed by atoms with E-state index in [1.807, 2.05) is 0 Å². The summed E-state index contributed by atoms with van der Waals surface area (Å²) in [6.45, 7) is 6.85. The molecule has 0 aliphatic heterocycles. The third-order valence-electron chi connectivity index (χ3n) is 2.44. The minimum atomic E-state index is -4.69. The number of ether oxygens (including phenoxy) is 2. The molecule has 0 unspecified atom stereocenters. The predicted molar refractivity (Wildman–Crippen MR) is 68.9 cm³/mol. The highest BCUT2D eigenvalue weighted by Gasteiger charge is 2.40. The molecule has 0 saturated carbocycles. The molecule has 21 heavy (non-hydrogen) atoms. The van der Waals surface area contributed by atoms with E-state index in [1.165, 1.54) is 6.92 Å². The molecule has 1 rings (SSSR count). The second-order valence-electron chi connectivity index (χ2n) is 5.31. The molecule has 0 aliphatic rings. The van der Waals surface area contributed by atoms with E-state index >= 15 is 0 Å². The highest BCUT2D eigenvalue weighted by molar-refractivity contribution is 5.90. The van der Waals surface area contributed by atoms with Gasteiger partial charge in [-0.1, -0.05) is 0 Å². The van der Waals surface area contributed by atoms with Crippen LogP contribution in [0.25, 0.3) is 0 Å². The summed E-state index contributed by atoms with van der Waals surface area (Å²) >= 11 is 0. The number of carbonyl (C=O) groups is 1. The zero-order chi connectivity index (χ0) is 16.3. The smallest absolute Gasteiger partial charge is 0.433 e. The first-order valence-corrected chi connectivity index (χ1v) is 6.50. The Morgan fingerprint density at radius 2 is 1.95 bits per heavy atom. The SMILES string of the molecule is CCOC(=O)c1cnn(CCOC(C)(C)C)c1C(F)(F)F. The zero-order valence-electron chi connectivity index (χ0n) is 12.5. The normalized spacial score (nSPS) is 12.5. The Bertz CT molecular complexity index is 490. The summed E-state index contributed by atoms with van der Waals surface area (Å²) in [6.07, 6.45) is -3.82. The van der Waals surface area contributed by atoms with Crippen LogP contribution in [0.1, 0.15) is 43.7 Å². The molecular formula is C13H19F3N2O3. The van der Waals surface area contributed by atoms with Gasteiger partial charge in [0.25, 0.3) is 0 Å². The second kappa shape index (κ2) is 6.46. The fourth-order valence-corrected chi connectivity index (χ4v) is 1.65. The van der Waals surface area contributed by atoms with E-state index < -0.39 is 29.0 Å². The predicted octanol–water partition coefficient (Wildman–Crippen LogP) is 2.89. The number of aromatic nitrogens is 2. The highest BCUT2D eigenvalue weighted by atomic mass is 19.4. The van der Waals surface area contributed by atoms with Gasteiger partial charge in [-0.3, -0.25) is 4.68 Å². The average Bonchev–Trinajstić information content (AvgIpc) is 2.71. The number of esters is 1. The van der Waals surface area contributed by atoms with Gasteiger partial charge in [-0.05, 0) is 27.7 Å². The van der Waals surface area contributed by atoms with Gasteiger partial charge in [0.2, 0.25) is 0 Å². The van der Waals surface area contributed by atoms with Crippen LogP contribution in [0.5, 0.6) is 0 Å². The Morgan fingerprint density at radius 1 is 1.33 bits per heavy atom. The Labute approximate surface area is 121 Å². The third kappa shape index (κ3) is 5.04. The maximum atomic E-state index is 13.1. The molecule has 5 nitrogen and oxygen atoms in total. The van der Waals surface area contributed by atoms with Crippen molar-refractivity contribution in [3.8, 4) is 0 Å². The van der Waals surface area contributed by atoms with Crippen molar-refractivity contribution in [2.75, 3.05) is 13.2 Å². The molecule has 120 valence electrons. The van der Waals surface area contributed by atoms with Gasteiger partial charge in [0.15, 0.2) is 5.69 Å². The lowest BCUT2D eigenvalue weighted by Crippen LogP contribution is -2.25. The fourth-order valence-electron chi connectivity index (χ4n) is 1.65. The van der Waals surface area contributed by atoms with E-state index in [-0.39, 0.29) is 19.8 Å². The van der Waals surface area contributed by atoms with E-state index in [0.29, 0.717) is 0 Å². The first kappa shape index (κ1) is 17.5. The highest BCUT2D eigenvalue weighted by Crippen LogP contribution is 2.32. The number of hydrogen-bond acceptors (Lipinski definition) is 4. The summed E-state index contributed by atoms with van der Waals surface area (Å²) in [7, 11) is 0. The molecule has 1 aromatic rings. The largest absolute Gasteiger partial charge is 0.462 e. The van der Waals surface area contributed by atoms with Crippen molar-refractivity contribution in [2.45, 2.75) is 46.0 Å². The molecule has 0 amide bonds. The maximum absolute atomic E-state index is 13.1. The monoisotopic (exact) mass is 308 g/mol. The van der Waals surface area contributed by atoms with E-state index in [2.05, 4.69) is 9.84 Å². The fraction of sp³-hybridized carbons (Fsp3) is 0.692. The first-order chi connectivity index (χ1) is 9.56. The average molecular weight is 308 g/mol. The summed E-state index contributed by atoms with van der Waals surface area (Å²) in [5.41, 5.74) is -2.16. The molecule has 0 aliphatic carbocycles. The lowest BCUT2D eigenvalue weighted by atomic mass is 10.2. The number of hydrogen-bond donors (Lipinski definition) is 0. The Morgan fingerprint density at radius 3 is 2.43 bits per heavy atom. The molecule has 0 aromatic carbocycles. The zero-order valence-corrected chi connectivity index (χ0v) is 12.5. The minimum Gasteiger partial charge on any atom is -0.462 e. The summed E-state index contributed by atoms with van der Waals surface area (Å²) in [4.78, 5) is 11.6. The standard InChI is InChI=1S/C13H19F3N2O3/c1-5-20-11(19)9-8-17-18(10(9)13(14,15)16)6-7-21-12(2,3)4/h8H,5-7H2,1-4H3. The minimum absolute atomic E-state index is 0.00551. The quantitative estimate of drug-likeness (QED) is 0.785. The summed E-state index contributed by atoms with van der Waals surface area (Å²) in [5.74, 6) is -1.03. The van der Waals surface area contributed by atoms with Crippen LogP contribution in [0, 0.1) is 0 Å². The Kier molecular flexibility index (Phi) is 5.38. The summed E-state index contributed by atoms with van der Waals surface area (Å²) in [6, 6.07) is 0. The van der Waals surface area contributed by atoms with Gasteiger partial charge < -0.3 is 9.47 Å². The van der Waals surface area contributed by atoms with Crippen molar-refractivity contribution in [1.29, 1.82) is 0 Å². The van der Waals surface area contributed by atoms with E-state index in [9.17, 15) is 18.0 Å². The number of nitrogens with zero attached hydrogens (tertiary/aromatic N) is 2. The molecule has 1 heterocycles. The van der Waals surface area contributed by atoms with E-state index in [1.54, 1.807) is 20.8 Å². The van der Waals surface area contributed by atoms with E-state index in [4.69, 9.17) is 4.74 Å². The van der Waals surface area contributed by atoms with Gasteiger partial charge in [0.05, 0.1) is 31.6 Å². The maximum Gasteiger partial charge on any atom is 0.433 e. The van der Waals surface area contributed by atoms with Gasteiger partial charge in [-0.25, -0.2) is 4.79 Å². The molecule has 0 bridgehead atoms. The van der Waals surface area contributed by atoms with Crippen LogP contribution in [0.2, 0.25) is 0 Å². The number of halogens is 3. The van der Waals surface area contributed by atoms with Crippen molar-refractivity contribution in [3.05, 3.63) is 17.5 Å². The summed E-state index contributed by atoms with van der Waals surface area (Å²) in [5, 5.41) is 3.62. The number of rotatable bonds is 5. The van der Waals surface area contributed by atoms with Gasteiger partial charge in [-0.2, -0.15) is 18.3 Å². The Balaban J connectivity index is 2.97. The summed E-state index contributed by atoms with van der Waals surface area (Å²) < 4.78 is 50.0. The Hall–Kier alpha value is -1.57. The molecular weight excluding hydrogens is 289 g/mol. The van der Waals surface area contributed by atoms with Gasteiger partial charge in [0.1, 0.15) is 5.56 Å². The van der Waals surface area contributed by atoms with Crippen molar-refractivity contribution < 1.29 is 27.4 Å². The first-order valence-electron chi connectivity index (χ1n) is 6.50. The van der Waals surface area contributed by atoms with Crippen LogP contribution in [-0.2, 0) is 22.2 Å². The molecule has 0 saturated heterocycles. The lowest BCUT2D eigenvalue weighted by molar-refractivity contribution is -0.145.